The summed E-state index contributed by atoms with van der Waals surface area (Å²) < 4.78 is 7.47. The maximum absolute atomic E-state index is 12.6. The summed E-state index contributed by atoms with van der Waals surface area (Å²) in [6.07, 6.45) is 2.23. The first kappa shape index (κ1) is 20.8. The number of carbonyl (C=O) groups excluding carboxylic acids is 2. The Hall–Kier alpha value is -3.42. The number of aryl methyl sites for hydroxylation is 2. The van der Waals surface area contributed by atoms with Crippen LogP contribution in [-0.4, -0.2) is 32.7 Å². The van der Waals surface area contributed by atoms with Gasteiger partial charge in [-0.3, -0.25) is 9.59 Å². The first-order chi connectivity index (χ1) is 14.7. The van der Waals surface area contributed by atoms with Crippen molar-refractivity contribution in [2.24, 2.45) is 0 Å². The van der Waals surface area contributed by atoms with Crippen molar-refractivity contribution in [2.45, 2.75) is 59.6 Å². The van der Waals surface area contributed by atoms with E-state index in [1.807, 2.05) is 17.8 Å². The molecule has 0 radical (unpaired) electrons. The summed E-state index contributed by atoms with van der Waals surface area (Å²) in [5, 5.41) is 11.2. The average molecular weight is 422 g/mol. The van der Waals surface area contributed by atoms with Crippen molar-refractivity contribution >= 4 is 34.2 Å². The van der Waals surface area contributed by atoms with E-state index in [1.54, 1.807) is 25.1 Å². The number of anilines is 2. The van der Waals surface area contributed by atoms with Gasteiger partial charge in [-0.1, -0.05) is 0 Å². The molecule has 8 heteroatoms. The van der Waals surface area contributed by atoms with Crippen molar-refractivity contribution in [3.63, 3.8) is 0 Å². The molecule has 0 bridgehead atoms. The van der Waals surface area contributed by atoms with Crippen LogP contribution in [0.25, 0.3) is 11.0 Å². The van der Waals surface area contributed by atoms with Gasteiger partial charge in [0.2, 0.25) is 5.91 Å². The van der Waals surface area contributed by atoms with Crippen LogP contribution in [-0.2, 0) is 16.0 Å². The van der Waals surface area contributed by atoms with Crippen LogP contribution in [0.5, 0.6) is 5.75 Å². The molecule has 8 nitrogen and oxygen atoms in total. The van der Waals surface area contributed by atoms with Crippen LogP contribution in [0, 0.1) is 13.8 Å². The lowest BCUT2D eigenvalue weighted by molar-refractivity contribution is -0.122. The highest BCUT2D eigenvalue weighted by molar-refractivity contribution is 5.99. The Morgan fingerprint density at radius 1 is 1.32 bits per heavy atom. The summed E-state index contributed by atoms with van der Waals surface area (Å²) in [4.78, 5) is 29.1. The highest BCUT2D eigenvalue weighted by atomic mass is 16.5. The monoisotopic (exact) mass is 421 g/mol. The molecule has 162 valence electrons. The quantitative estimate of drug-likeness (QED) is 0.651. The van der Waals surface area contributed by atoms with Gasteiger partial charge in [0.1, 0.15) is 5.75 Å². The van der Waals surface area contributed by atoms with Crippen molar-refractivity contribution in [2.75, 3.05) is 10.6 Å². The predicted molar refractivity (Wildman–Crippen MR) is 119 cm³/mol. The lowest BCUT2D eigenvalue weighted by Gasteiger charge is -2.23. The van der Waals surface area contributed by atoms with E-state index in [0.29, 0.717) is 30.0 Å². The van der Waals surface area contributed by atoms with Gasteiger partial charge in [0.05, 0.1) is 11.9 Å². The van der Waals surface area contributed by atoms with Gasteiger partial charge in [0, 0.05) is 29.2 Å². The summed E-state index contributed by atoms with van der Waals surface area (Å²) in [7, 11) is 0. The average Bonchev–Trinajstić information content (AvgIpc) is 3.13. The fraction of sp³-hybridized carbons (Fsp3) is 0.391. The number of hydrogen-bond acceptors (Lipinski definition) is 5. The standard InChI is InChI=1S/C23H27N5O3/c1-12(2)28-22-18(11-24-28)13(3)17(14(4)25-22)7-9-21(29)26-16-6-8-20-19(10-16)27-23(30)15(5)31-20/h6,8,10-12,15H,7,9H2,1-5H3,(H,26,29)(H,27,30)/t15-/m1/s1. The molecule has 31 heavy (non-hydrogen) atoms. The minimum atomic E-state index is -0.530. The lowest BCUT2D eigenvalue weighted by atomic mass is 10.0. The number of pyridine rings is 1. The third-order valence-electron chi connectivity index (χ3n) is 5.62. The normalized spacial score (nSPS) is 15.5. The summed E-state index contributed by atoms with van der Waals surface area (Å²) in [5.74, 6) is 0.288. The maximum Gasteiger partial charge on any atom is 0.265 e. The SMILES string of the molecule is Cc1nc2c(cnn2C(C)C)c(C)c1CCC(=O)Nc1ccc2c(c1)NC(=O)[C@@H](C)O2. The molecule has 3 heterocycles. The number of ether oxygens (including phenoxy) is 1. The predicted octanol–water partition coefficient (Wildman–Crippen LogP) is 3.92. The van der Waals surface area contributed by atoms with E-state index in [2.05, 4.69) is 36.5 Å². The van der Waals surface area contributed by atoms with Crippen LogP contribution in [0.1, 0.15) is 50.1 Å². The number of carbonyl (C=O) groups is 2. The lowest BCUT2D eigenvalue weighted by Crippen LogP contribution is -2.34. The maximum atomic E-state index is 12.6. The Morgan fingerprint density at radius 3 is 2.84 bits per heavy atom. The zero-order chi connectivity index (χ0) is 22.3. The minimum absolute atomic E-state index is 0.104. The van der Waals surface area contributed by atoms with Crippen molar-refractivity contribution in [3.05, 3.63) is 41.2 Å². The topological polar surface area (TPSA) is 98.1 Å². The van der Waals surface area contributed by atoms with Crippen LogP contribution >= 0.6 is 0 Å². The first-order valence-corrected chi connectivity index (χ1v) is 10.5. The molecule has 1 aliphatic rings. The van der Waals surface area contributed by atoms with Crippen molar-refractivity contribution < 1.29 is 14.3 Å². The molecule has 1 aromatic carbocycles. The molecule has 0 spiro atoms. The Labute approximate surface area is 181 Å². The molecule has 1 aliphatic heterocycles. The van der Waals surface area contributed by atoms with Gasteiger partial charge in [0.15, 0.2) is 11.8 Å². The number of nitrogens with one attached hydrogen (secondary N) is 2. The molecule has 2 amide bonds. The smallest absolute Gasteiger partial charge is 0.265 e. The minimum Gasteiger partial charge on any atom is -0.479 e. The van der Waals surface area contributed by atoms with E-state index >= 15 is 0 Å². The second kappa shape index (κ2) is 8.02. The Bertz CT molecular complexity index is 1180. The van der Waals surface area contributed by atoms with E-state index in [-0.39, 0.29) is 17.9 Å². The highest BCUT2D eigenvalue weighted by Crippen LogP contribution is 2.32. The molecule has 4 rings (SSSR count). The third kappa shape index (κ3) is 3.97. The number of rotatable bonds is 5. The summed E-state index contributed by atoms with van der Waals surface area (Å²) in [6, 6.07) is 5.46. The molecule has 0 aliphatic carbocycles. The fourth-order valence-corrected chi connectivity index (χ4v) is 3.89. The van der Waals surface area contributed by atoms with E-state index in [1.165, 1.54) is 0 Å². The highest BCUT2D eigenvalue weighted by Gasteiger charge is 2.23. The van der Waals surface area contributed by atoms with Gasteiger partial charge in [-0.05, 0) is 70.4 Å². The van der Waals surface area contributed by atoms with E-state index in [4.69, 9.17) is 9.72 Å². The van der Waals surface area contributed by atoms with E-state index < -0.39 is 6.10 Å². The van der Waals surface area contributed by atoms with Gasteiger partial charge < -0.3 is 15.4 Å². The zero-order valence-electron chi connectivity index (χ0n) is 18.4. The molecule has 1 atom stereocenters. The molecule has 3 aromatic rings. The molecule has 0 fully saturated rings. The Balaban J connectivity index is 1.46. The third-order valence-corrected chi connectivity index (χ3v) is 5.62. The second-order valence-corrected chi connectivity index (χ2v) is 8.23. The molecule has 2 N–H and O–H groups in total. The molecule has 0 saturated heterocycles. The zero-order valence-corrected chi connectivity index (χ0v) is 18.4. The molecule has 0 unspecified atom stereocenters. The van der Waals surface area contributed by atoms with Crippen molar-refractivity contribution in [1.29, 1.82) is 0 Å². The van der Waals surface area contributed by atoms with Crippen LogP contribution < -0.4 is 15.4 Å². The van der Waals surface area contributed by atoms with Gasteiger partial charge in [-0.2, -0.15) is 5.10 Å². The summed E-state index contributed by atoms with van der Waals surface area (Å²) in [6.45, 7) is 9.89. The van der Waals surface area contributed by atoms with Crippen molar-refractivity contribution in [1.82, 2.24) is 14.8 Å². The van der Waals surface area contributed by atoms with Crippen LogP contribution in [0.3, 0.4) is 0 Å². The van der Waals surface area contributed by atoms with Crippen LogP contribution in [0.2, 0.25) is 0 Å². The van der Waals surface area contributed by atoms with Crippen LogP contribution in [0.4, 0.5) is 11.4 Å². The molecular formula is C23H27N5O3. The van der Waals surface area contributed by atoms with Gasteiger partial charge in [-0.15, -0.1) is 0 Å². The number of fused-ring (bicyclic) bond motifs is 2. The number of hydrogen-bond donors (Lipinski definition) is 2. The Morgan fingerprint density at radius 2 is 2.10 bits per heavy atom. The Kier molecular flexibility index (Phi) is 5.39. The summed E-state index contributed by atoms with van der Waals surface area (Å²) in [5.41, 5.74) is 5.16. The number of amides is 2. The second-order valence-electron chi connectivity index (χ2n) is 8.23. The number of aromatic nitrogens is 3. The van der Waals surface area contributed by atoms with Gasteiger partial charge >= 0.3 is 0 Å². The largest absolute Gasteiger partial charge is 0.479 e. The van der Waals surface area contributed by atoms with Gasteiger partial charge in [0.25, 0.3) is 5.91 Å². The molecular weight excluding hydrogens is 394 g/mol. The first-order valence-electron chi connectivity index (χ1n) is 10.5. The number of benzene rings is 1. The van der Waals surface area contributed by atoms with Crippen LogP contribution in [0.15, 0.2) is 24.4 Å². The van der Waals surface area contributed by atoms with Gasteiger partial charge in [-0.25, -0.2) is 9.67 Å². The van der Waals surface area contributed by atoms with Crippen molar-refractivity contribution in [3.8, 4) is 5.75 Å². The number of nitrogens with zero attached hydrogens (tertiary/aromatic N) is 3. The fourth-order valence-electron chi connectivity index (χ4n) is 3.89. The summed E-state index contributed by atoms with van der Waals surface area (Å²) >= 11 is 0. The molecule has 0 saturated carbocycles. The van der Waals surface area contributed by atoms with E-state index in [9.17, 15) is 9.59 Å². The molecule has 2 aromatic heterocycles. The van der Waals surface area contributed by atoms with E-state index in [0.717, 1.165) is 27.9 Å².